The maximum atomic E-state index is 11.9. The molecular weight excluding hydrogens is 244 g/mol. The average Bonchev–Trinajstić information content (AvgIpc) is 2.28. The fraction of sp³-hybridized carbons (Fsp3) is 0.429. The largest absolute Gasteiger partial charge is 0.480 e. The van der Waals surface area contributed by atoms with Crippen LogP contribution in [0.15, 0.2) is 24.3 Å². The number of rotatable bonds is 6. The molecule has 1 aromatic rings. The summed E-state index contributed by atoms with van der Waals surface area (Å²) >= 11 is 0. The van der Waals surface area contributed by atoms with Crippen LogP contribution in [-0.4, -0.2) is 22.5 Å². The molecule has 0 radical (unpaired) electrons. The van der Waals surface area contributed by atoms with Gasteiger partial charge in [0.15, 0.2) is 0 Å². The van der Waals surface area contributed by atoms with Gasteiger partial charge in [0.05, 0.1) is 6.42 Å². The van der Waals surface area contributed by atoms with E-state index >= 15 is 0 Å². The molecule has 1 rings (SSSR count). The number of benzene rings is 1. The number of aliphatic carboxylic acids is 1. The van der Waals surface area contributed by atoms with Gasteiger partial charge in [-0.05, 0) is 31.0 Å². The van der Waals surface area contributed by atoms with Crippen molar-refractivity contribution in [2.45, 2.75) is 38.6 Å². The molecule has 0 saturated carbocycles. The molecule has 0 fully saturated rings. The predicted molar refractivity (Wildman–Crippen MR) is 73.6 cm³/mol. The van der Waals surface area contributed by atoms with E-state index in [-0.39, 0.29) is 12.3 Å². The van der Waals surface area contributed by atoms with Gasteiger partial charge in [-0.3, -0.25) is 4.79 Å². The quantitative estimate of drug-likeness (QED) is 0.680. The van der Waals surface area contributed by atoms with Gasteiger partial charge < -0.3 is 16.2 Å². The van der Waals surface area contributed by atoms with Crippen molar-refractivity contribution in [3.63, 3.8) is 0 Å². The number of hydrogen-bond acceptors (Lipinski definition) is 3. The van der Waals surface area contributed by atoms with Crippen LogP contribution in [0.5, 0.6) is 0 Å². The maximum absolute atomic E-state index is 11.9. The molecule has 5 nitrogen and oxygen atoms in total. The van der Waals surface area contributed by atoms with Crippen molar-refractivity contribution < 1.29 is 14.7 Å². The van der Waals surface area contributed by atoms with Gasteiger partial charge in [0, 0.05) is 5.69 Å². The summed E-state index contributed by atoms with van der Waals surface area (Å²) in [7, 11) is 0. The zero-order valence-electron chi connectivity index (χ0n) is 11.3. The van der Waals surface area contributed by atoms with Crippen molar-refractivity contribution in [1.29, 1.82) is 0 Å². The van der Waals surface area contributed by atoms with Crippen molar-refractivity contribution in [2.24, 2.45) is 0 Å². The van der Waals surface area contributed by atoms with E-state index in [1.54, 1.807) is 24.3 Å². The van der Waals surface area contributed by atoms with Gasteiger partial charge in [-0.1, -0.05) is 25.5 Å². The Balaban J connectivity index is 2.71. The molecule has 19 heavy (non-hydrogen) atoms. The normalized spacial score (nSPS) is 13.6. The van der Waals surface area contributed by atoms with Crippen molar-refractivity contribution in [3.05, 3.63) is 29.8 Å². The average molecular weight is 264 g/mol. The number of carboxylic acids is 1. The van der Waals surface area contributed by atoms with Gasteiger partial charge >= 0.3 is 5.97 Å². The second-order valence-corrected chi connectivity index (χ2v) is 4.86. The molecule has 0 aromatic heterocycles. The van der Waals surface area contributed by atoms with E-state index in [2.05, 4.69) is 5.32 Å². The van der Waals surface area contributed by atoms with E-state index in [1.807, 2.05) is 6.92 Å². The zero-order chi connectivity index (χ0) is 14.5. The third kappa shape index (κ3) is 4.28. The number of nitrogens with two attached hydrogens (primary N) is 1. The first-order valence-corrected chi connectivity index (χ1v) is 6.26. The van der Waals surface area contributed by atoms with Crippen LogP contribution in [0, 0.1) is 0 Å². The van der Waals surface area contributed by atoms with Crippen molar-refractivity contribution in [2.75, 3.05) is 5.73 Å². The number of anilines is 1. The summed E-state index contributed by atoms with van der Waals surface area (Å²) in [6, 6.07) is 6.99. The summed E-state index contributed by atoms with van der Waals surface area (Å²) in [6.07, 6.45) is 1.20. The van der Waals surface area contributed by atoms with Crippen molar-refractivity contribution in [1.82, 2.24) is 5.32 Å². The minimum absolute atomic E-state index is 0.123. The molecule has 5 heteroatoms. The van der Waals surface area contributed by atoms with Gasteiger partial charge in [-0.2, -0.15) is 0 Å². The van der Waals surface area contributed by atoms with Gasteiger partial charge in [0.25, 0.3) is 0 Å². The highest BCUT2D eigenvalue weighted by Crippen LogP contribution is 2.14. The van der Waals surface area contributed by atoms with Crippen molar-refractivity contribution in [3.8, 4) is 0 Å². The number of amides is 1. The lowest BCUT2D eigenvalue weighted by Crippen LogP contribution is -2.52. The first kappa shape index (κ1) is 15.0. The minimum Gasteiger partial charge on any atom is -0.480 e. The van der Waals surface area contributed by atoms with Crippen LogP contribution in [0.25, 0.3) is 0 Å². The minimum atomic E-state index is -1.22. The number of carboxylic acid groups (broad SMARTS) is 1. The van der Waals surface area contributed by atoms with Gasteiger partial charge in [-0.15, -0.1) is 0 Å². The summed E-state index contributed by atoms with van der Waals surface area (Å²) in [5, 5.41) is 11.8. The molecule has 1 amide bonds. The van der Waals surface area contributed by atoms with Crippen LogP contribution < -0.4 is 11.1 Å². The number of hydrogen-bond donors (Lipinski definition) is 3. The summed E-state index contributed by atoms with van der Waals surface area (Å²) < 4.78 is 0. The van der Waals surface area contributed by atoms with E-state index in [4.69, 9.17) is 5.73 Å². The van der Waals surface area contributed by atoms with E-state index in [9.17, 15) is 14.7 Å². The summed E-state index contributed by atoms with van der Waals surface area (Å²) in [4.78, 5) is 23.1. The molecule has 0 heterocycles. The summed E-state index contributed by atoms with van der Waals surface area (Å²) in [6.45, 7) is 3.40. The van der Waals surface area contributed by atoms with Crippen molar-refractivity contribution >= 4 is 17.6 Å². The molecule has 0 aliphatic rings. The highest BCUT2D eigenvalue weighted by Gasteiger charge is 2.33. The third-order valence-corrected chi connectivity index (χ3v) is 2.95. The standard InChI is InChI=1S/C14H20N2O3/c1-3-7-14(2,13(18)19)16-12(17)9-10-5-4-6-11(15)8-10/h4-6,8H,3,7,9,15H2,1-2H3,(H,16,17)(H,18,19). The van der Waals surface area contributed by atoms with Crippen LogP contribution >= 0.6 is 0 Å². The third-order valence-electron chi connectivity index (χ3n) is 2.95. The monoisotopic (exact) mass is 264 g/mol. The van der Waals surface area contributed by atoms with Gasteiger partial charge in [0.1, 0.15) is 5.54 Å². The Hall–Kier alpha value is -2.04. The second kappa shape index (κ2) is 6.22. The molecule has 0 saturated heterocycles. The maximum Gasteiger partial charge on any atom is 0.329 e. The SMILES string of the molecule is CCCC(C)(NC(=O)Cc1cccc(N)c1)C(=O)O. The smallest absolute Gasteiger partial charge is 0.329 e. The number of carbonyl (C=O) groups is 2. The Bertz CT molecular complexity index is 474. The van der Waals surface area contributed by atoms with Crippen LogP contribution in [0.1, 0.15) is 32.3 Å². The molecular formula is C14H20N2O3. The molecule has 1 unspecified atom stereocenters. The molecule has 1 aromatic carbocycles. The number of carbonyl (C=O) groups excluding carboxylic acids is 1. The predicted octanol–water partition coefficient (Wildman–Crippen LogP) is 1.57. The Morgan fingerprint density at radius 3 is 2.63 bits per heavy atom. The van der Waals surface area contributed by atoms with Gasteiger partial charge in [0.2, 0.25) is 5.91 Å². The molecule has 104 valence electrons. The lowest BCUT2D eigenvalue weighted by Gasteiger charge is -2.25. The highest BCUT2D eigenvalue weighted by atomic mass is 16.4. The van der Waals surface area contributed by atoms with Crippen LogP contribution in [0.4, 0.5) is 5.69 Å². The Kier molecular flexibility index (Phi) is 4.92. The molecule has 0 aliphatic heterocycles. The van der Waals surface area contributed by atoms with Crippen LogP contribution in [-0.2, 0) is 16.0 Å². The molecule has 0 aliphatic carbocycles. The first-order valence-electron chi connectivity index (χ1n) is 6.26. The highest BCUT2D eigenvalue weighted by molar-refractivity contribution is 5.87. The first-order chi connectivity index (χ1) is 8.87. The lowest BCUT2D eigenvalue weighted by atomic mass is 9.96. The topological polar surface area (TPSA) is 92.4 Å². The van der Waals surface area contributed by atoms with E-state index < -0.39 is 11.5 Å². The molecule has 0 bridgehead atoms. The lowest BCUT2D eigenvalue weighted by molar-refractivity contribution is -0.147. The Morgan fingerprint density at radius 1 is 1.42 bits per heavy atom. The van der Waals surface area contributed by atoms with Crippen LogP contribution in [0.2, 0.25) is 0 Å². The summed E-state index contributed by atoms with van der Waals surface area (Å²) in [5.74, 6) is -1.33. The summed E-state index contributed by atoms with van der Waals surface area (Å²) in [5.41, 5.74) is 5.76. The zero-order valence-corrected chi connectivity index (χ0v) is 11.3. The Morgan fingerprint density at radius 2 is 2.11 bits per heavy atom. The molecule has 4 N–H and O–H groups in total. The number of nitrogens with one attached hydrogen (secondary N) is 1. The number of nitrogen functional groups attached to an aromatic ring is 1. The van der Waals surface area contributed by atoms with E-state index in [0.29, 0.717) is 18.5 Å². The molecule has 1 atom stereocenters. The van der Waals surface area contributed by atoms with Crippen LogP contribution in [0.3, 0.4) is 0 Å². The fourth-order valence-corrected chi connectivity index (χ4v) is 1.96. The molecule has 0 spiro atoms. The Labute approximate surface area is 112 Å². The van der Waals surface area contributed by atoms with E-state index in [0.717, 1.165) is 5.56 Å². The van der Waals surface area contributed by atoms with E-state index in [1.165, 1.54) is 6.92 Å². The van der Waals surface area contributed by atoms with Gasteiger partial charge in [-0.25, -0.2) is 4.79 Å². The second-order valence-electron chi connectivity index (χ2n) is 4.86. The fourth-order valence-electron chi connectivity index (χ4n) is 1.96.